The Bertz CT molecular complexity index is 807. The lowest BCUT2D eigenvalue weighted by Gasteiger charge is -2.05. The van der Waals surface area contributed by atoms with E-state index >= 15 is 0 Å². The summed E-state index contributed by atoms with van der Waals surface area (Å²) in [7, 11) is -3.26. The van der Waals surface area contributed by atoms with Crippen LogP contribution in [0.15, 0.2) is 33.7 Å². The normalized spacial score (nSPS) is 13.9. The van der Waals surface area contributed by atoms with Gasteiger partial charge in [-0.1, -0.05) is 12.1 Å². The molecule has 1 aliphatic carbocycles. The van der Waals surface area contributed by atoms with Gasteiger partial charge in [-0.25, -0.2) is 8.42 Å². The van der Waals surface area contributed by atoms with E-state index < -0.39 is 9.84 Å². The summed E-state index contributed by atoms with van der Waals surface area (Å²) in [6, 6.07) is 5.88. The molecule has 1 N–H and O–H groups in total. The molecule has 1 aliphatic rings. The molecule has 1 aromatic heterocycles. The zero-order chi connectivity index (χ0) is 15.7. The number of nitrogens with zero attached hydrogens (tertiary/aromatic N) is 1. The predicted molar refractivity (Wildman–Crippen MR) is 80.7 cm³/mol. The van der Waals surface area contributed by atoms with E-state index in [1.807, 2.05) is 0 Å². The molecule has 116 valence electrons. The number of aryl methyl sites for hydroxylation is 1. The van der Waals surface area contributed by atoms with E-state index in [-0.39, 0.29) is 16.6 Å². The number of rotatable bonds is 4. The van der Waals surface area contributed by atoms with E-state index in [1.54, 1.807) is 6.92 Å². The zero-order valence-electron chi connectivity index (χ0n) is 12.1. The highest BCUT2D eigenvalue weighted by Gasteiger charge is 2.22. The van der Waals surface area contributed by atoms with Crippen molar-refractivity contribution < 1.29 is 17.7 Å². The second-order valence-electron chi connectivity index (χ2n) is 5.17. The third-order valence-corrected chi connectivity index (χ3v) is 5.54. The smallest absolute Gasteiger partial charge is 0.258 e. The van der Waals surface area contributed by atoms with Gasteiger partial charge in [0.2, 0.25) is 5.88 Å². The Hall–Kier alpha value is -2.15. The molecule has 0 aliphatic heterocycles. The molecule has 0 saturated carbocycles. The van der Waals surface area contributed by atoms with Crippen molar-refractivity contribution in [2.24, 2.45) is 0 Å². The number of nitrogens with one attached hydrogen (secondary N) is 1. The van der Waals surface area contributed by atoms with Crippen LogP contribution in [0.1, 0.15) is 35.0 Å². The average molecular weight is 320 g/mol. The van der Waals surface area contributed by atoms with Gasteiger partial charge in [0.15, 0.2) is 9.84 Å². The maximum absolute atomic E-state index is 12.2. The summed E-state index contributed by atoms with van der Waals surface area (Å²) in [4.78, 5) is 12.4. The lowest BCUT2D eigenvalue weighted by molar-refractivity contribution is 0.102. The molecule has 3 rings (SSSR count). The monoisotopic (exact) mass is 320 g/mol. The lowest BCUT2D eigenvalue weighted by Crippen LogP contribution is -2.13. The van der Waals surface area contributed by atoms with Gasteiger partial charge in [0.25, 0.3) is 5.91 Å². The topological polar surface area (TPSA) is 89.3 Å². The summed E-state index contributed by atoms with van der Waals surface area (Å²) in [6.07, 6.45) is 2.74. The first-order chi connectivity index (χ1) is 10.5. The molecule has 0 spiro atoms. The summed E-state index contributed by atoms with van der Waals surface area (Å²) in [5.41, 5.74) is 2.23. The Balaban J connectivity index is 1.78. The van der Waals surface area contributed by atoms with Gasteiger partial charge < -0.3 is 4.52 Å². The number of anilines is 1. The van der Waals surface area contributed by atoms with Gasteiger partial charge in [-0.05, 0) is 43.5 Å². The first kappa shape index (κ1) is 14.8. The molecule has 22 heavy (non-hydrogen) atoms. The second-order valence-corrected chi connectivity index (χ2v) is 7.45. The van der Waals surface area contributed by atoms with Crippen molar-refractivity contribution in [3.8, 4) is 0 Å². The minimum absolute atomic E-state index is 0.0305. The van der Waals surface area contributed by atoms with E-state index in [0.29, 0.717) is 11.4 Å². The van der Waals surface area contributed by atoms with Gasteiger partial charge in [0, 0.05) is 11.1 Å². The maximum Gasteiger partial charge on any atom is 0.258 e. The van der Waals surface area contributed by atoms with Crippen molar-refractivity contribution in [2.45, 2.75) is 31.1 Å². The van der Waals surface area contributed by atoms with Crippen LogP contribution in [-0.2, 0) is 22.7 Å². The van der Waals surface area contributed by atoms with Crippen molar-refractivity contribution in [2.75, 3.05) is 11.1 Å². The first-order valence-corrected chi connectivity index (χ1v) is 8.78. The molecule has 0 saturated heterocycles. The van der Waals surface area contributed by atoms with Gasteiger partial charge in [0.05, 0.1) is 16.3 Å². The number of benzene rings is 1. The quantitative estimate of drug-likeness (QED) is 0.933. The van der Waals surface area contributed by atoms with E-state index in [1.165, 1.54) is 24.3 Å². The van der Waals surface area contributed by atoms with Crippen LogP contribution in [0.2, 0.25) is 0 Å². The lowest BCUT2D eigenvalue weighted by atomic mass is 10.2. The third-order valence-electron chi connectivity index (χ3n) is 3.79. The molecule has 7 heteroatoms. The SMILES string of the molecule is CCS(=O)(=O)c1ccc(C(=O)Nc2onc3c2CCC3)cc1. The van der Waals surface area contributed by atoms with Crippen molar-refractivity contribution >= 4 is 21.6 Å². The fraction of sp³-hybridized carbons (Fsp3) is 0.333. The fourth-order valence-corrected chi connectivity index (χ4v) is 3.37. The molecule has 1 amide bonds. The molecule has 0 radical (unpaired) electrons. The Morgan fingerprint density at radius 2 is 2.00 bits per heavy atom. The standard InChI is InChI=1S/C15H16N2O4S/c1-2-22(19,20)11-8-6-10(7-9-11)14(18)16-15-12-4-3-5-13(12)17-21-15/h6-9H,2-5H2,1H3,(H,16,18). The van der Waals surface area contributed by atoms with Gasteiger partial charge in [-0.2, -0.15) is 0 Å². The molecule has 0 bridgehead atoms. The molecule has 1 aromatic carbocycles. The number of amides is 1. The Morgan fingerprint density at radius 1 is 1.27 bits per heavy atom. The Morgan fingerprint density at radius 3 is 2.68 bits per heavy atom. The first-order valence-electron chi connectivity index (χ1n) is 7.13. The van der Waals surface area contributed by atoms with Crippen molar-refractivity contribution in [3.05, 3.63) is 41.1 Å². The predicted octanol–water partition coefficient (Wildman–Crippen LogP) is 2.21. The molecule has 0 unspecified atom stereocenters. The zero-order valence-corrected chi connectivity index (χ0v) is 12.9. The third kappa shape index (κ3) is 2.64. The minimum Gasteiger partial charge on any atom is -0.338 e. The van der Waals surface area contributed by atoms with Crippen LogP contribution in [0, 0.1) is 0 Å². The maximum atomic E-state index is 12.2. The van der Waals surface area contributed by atoms with Crippen LogP contribution >= 0.6 is 0 Å². The van der Waals surface area contributed by atoms with E-state index in [0.717, 1.165) is 30.5 Å². The average Bonchev–Trinajstić information content (AvgIpc) is 3.12. The van der Waals surface area contributed by atoms with E-state index in [9.17, 15) is 13.2 Å². The minimum atomic E-state index is -3.26. The van der Waals surface area contributed by atoms with Gasteiger partial charge in [0.1, 0.15) is 0 Å². The van der Waals surface area contributed by atoms with Crippen LogP contribution in [0.4, 0.5) is 5.88 Å². The highest BCUT2D eigenvalue weighted by atomic mass is 32.2. The van der Waals surface area contributed by atoms with Crippen LogP contribution in [-0.4, -0.2) is 25.2 Å². The summed E-state index contributed by atoms with van der Waals surface area (Å²) in [5.74, 6) is 0.0805. The van der Waals surface area contributed by atoms with Gasteiger partial charge in [-0.15, -0.1) is 0 Å². The Labute approximate surface area is 128 Å². The van der Waals surface area contributed by atoms with Crippen molar-refractivity contribution in [1.82, 2.24) is 5.16 Å². The number of fused-ring (bicyclic) bond motifs is 1. The number of aromatic nitrogens is 1. The number of carbonyl (C=O) groups excluding carboxylic acids is 1. The number of hydrogen-bond acceptors (Lipinski definition) is 5. The molecular weight excluding hydrogens is 304 g/mol. The highest BCUT2D eigenvalue weighted by molar-refractivity contribution is 7.91. The molecule has 2 aromatic rings. The van der Waals surface area contributed by atoms with Crippen LogP contribution < -0.4 is 5.32 Å². The molecule has 0 atom stereocenters. The summed E-state index contributed by atoms with van der Waals surface area (Å²) in [6.45, 7) is 1.58. The summed E-state index contributed by atoms with van der Waals surface area (Å²) < 4.78 is 28.6. The number of carbonyl (C=O) groups is 1. The highest BCUT2D eigenvalue weighted by Crippen LogP contribution is 2.28. The molecule has 1 heterocycles. The summed E-state index contributed by atoms with van der Waals surface area (Å²) in [5, 5.41) is 6.63. The van der Waals surface area contributed by atoms with E-state index in [2.05, 4.69) is 10.5 Å². The van der Waals surface area contributed by atoms with Crippen LogP contribution in [0.25, 0.3) is 0 Å². The molecule has 6 nitrogen and oxygen atoms in total. The molecule has 0 fully saturated rings. The second kappa shape index (κ2) is 5.57. The van der Waals surface area contributed by atoms with Crippen molar-refractivity contribution in [1.29, 1.82) is 0 Å². The fourth-order valence-electron chi connectivity index (χ4n) is 2.48. The summed E-state index contributed by atoms with van der Waals surface area (Å²) >= 11 is 0. The number of sulfone groups is 1. The van der Waals surface area contributed by atoms with Gasteiger partial charge in [-0.3, -0.25) is 10.1 Å². The molecular formula is C15H16N2O4S. The largest absolute Gasteiger partial charge is 0.338 e. The number of hydrogen-bond donors (Lipinski definition) is 1. The van der Waals surface area contributed by atoms with E-state index in [4.69, 9.17) is 4.52 Å². The van der Waals surface area contributed by atoms with Crippen LogP contribution in [0.3, 0.4) is 0 Å². The Kier molecular flexibility index (Phi) is 3.74. The van der Waals surface area contributed by atoms with Crippen LogP contribution in [0.5, 0.6) is 0 Å². The van der Waals surface area contributed by atoms with Gasteiger partial charge >= 0.3 is 0 Å². The van der Waals surface area contributed by atoms with Crippen molar-refractivity contribution in [3.63, 3.8) is 0 Å².